The van der Waals surface area contributed by atoms with Crippen LogP contribution in [-0.2, 0) is 0 Å². The van der Waals surface area contributed by atoms with E-state index in [-0.39, 0.29) is 16.9 Å². The van der Waals surface area contributed by atoms with Crippen LogP contribution in [0.25, 0.3) is 6.08 Å². The van der Waals surface area contributed by atoms with Crippen LogP contribution in [-0.4, -0.2) is 26.0 Å². The third-order valence-electron chi connectivity index (χ3n) is 4.34. The predicted molar refractivity (Wildman–Crippen MR) is 118 cm³/mol. The summed E-state index contributed by atoms with van der Waals surface area (Å²) in [5.74, 6) is -0.794. The molecule has 31 heavy (non-hydrogen) atoms. The maximum absolute atomic E-state index is 13.8. The Labute approximate surface area is 187 Å². The number of benzene rings is 3. The van der Waals surface area contributed by atoms with Gasteiger partial charge in [0.2, 0.25) is 0 Å². The lowest BCUT2D eigenvalue weighted by molar-refractivity contribution is 0.0732. The van der Waals surface area contributed by atoms with Crippen molar-refractivity contribution in [2.45, 2.75) is 0 Å². The molecule has 0 aliphatic carbocycles. The van der Waals surface area contributed by atoms with Gasteiger partial charge in [-0.15, -0.1) is 0 Å². The topological polar surface area (TPSA) is 61.8 Å². The van der Waals surface area contributed by atoms with Crippen LogP contribution in [0.4, 0.5) is 4.39 Å². The van der Waals surface area contributed by atoms with Gasteiger partial charge in [0.25, 0.3) is 0 Å². The molecule has 0 heterocycles. The van der Waals surface area contributed by atoms with E-state index in [2.05, 4.69) is 15.9 Å². The molecule has 0 aromatic heterocycles. The summed E-state index contributed by atoms with van der Waals surface area (Å²) in [6.45, 7) is 0. The van der Waals surface area contributed by atoms with Crippen LogP contribution < -0.4 is 14.2 Å². The van der Waals surface area contributed by atoms with Gasteiger partial charge in [-0.2, -0.15) is 0 Å². The fourth-order valence-corrected chi connectivity index (χ4v) is 3.23. The zero-order chi connectivity index (χ0) is 22.4. The predicted octanol–water partition coefficient (Wildman–Crippen LogP) is 5.72. The lowest BCUT2D eigenvalue weighted by Gasteiger charge is -2.10. The molecule has 3 aromatic rings. The first-order valence-electron chi connectivity index (χ1n) is 9.13. The van der Waals surface area contributed by atoms with Crippen LogP contribution in [0.2, 0.25) is 0 Å². The molecule has 0 amide bonds. The van der Waals surface area contributed by atoms with Gasteiger partial charge in [0, 0.05) is 4.47 Å². The fourth-order valence-electron chi connectivity index (χ4n) is 2.78. The van der Waals surface area contributed by atoms with Gasteiger partial charge in [-0.05, 0) is 70.0 Å². The maximum Gasteiger partial charge on any atom is 0.344 e. The molecule has 0 spiro atoms. The summed E-state index contributed by atoms with van der Waals surface area (Å²) in [6.07, 6.45) is 2.82. The van der Waals surface area contributed by atoms with Gasteiger partial charge in [0.05, 0.1) is 25.3 Å². The van der Waals surface area contributed by atoms with Gasteiger partial charge in [-0.1, -0.05) is 24.3 Å². The number of halogens is 2. The van der Waals surface area contributed by atoms with E-state index in [1.165, 1.54) is 26.4 Å². The largest absolute Gasteiger partial charge is 0.493 e. The van der Waals surface area contributed by atoms with Crippen LogP contribution in [0.15, 0.2) is 71.2 Å². The summed E-state index contributed by atoms with van der Waals surface area (Å²) < 4.78 is 30.2. The number of rotatable bonds is 7. The smallest absolute Gasteiger partial charge is 0.344 e. The van der Waals surface area contributed by atoms with Crippen molar-refractivity contribution in [2.75, 3.05) is 14.2 Å². The van der Waals surface area contributed by atoms with Crippen LogP contribution in [0, 0.1) is 5.82 Å². The van der Waals surface area contributed by atoms with Crippen molar-refractivity contribution in [3.8, 4) is 17.2 Å². The summed E-state index contributed by atoms with van der Waals surface area (Å²) in [5.41, 5.74) is 0.886. The third kappa shape index (κ3) is 5.38. The van der Waals surface area contributed by atoms with Crippen molar-refractivity contribution in [2.24, 2.45) is 0 Å². The molecule has 5 nitrogen and oxygen atoms in total. The Morgan fingerprint density at radius 3 is 2.29 bits per heavy atom. The average molecular weight is 485 g/mol. The molecule has 0 saturated heterocycles. The molecule has 3 rings (SSSR count). The third-order valence-corrected chi connectivity index (χ3v) is 5.03. The quantitative estimate of drug-likeness (QED) is 0.185. The Morgan fingerprint density at radius 2 is 1.58 bits per heavy atom. The standard InChI is InChI=1S/C24H18BrFO5/c1-29-22-11-8-15(13-23(22)30-2)7-10-20(27)18-14-16(26)9-12-21(18)31-24(28)17-5-3-4-6-19(17)25/h3-14H,1-2H3. The van der Waals surface area contributed by atoms with Crippen molar-refractivity contribution in [3.05, 3.63) is 93.7 Å². The Hall–Kier alpha value is -3.45. The van der Waals surface area contributed by atoms with Crippen LogP contribution in [0.5, 0.6) is 17.2 Å². The number of ketones is 1. The highest BCUT2D eigenvalue weighted by atomic mass is 79.9. The highest BCUT2D eigenvalue weighted by Gasteiger charge is 2.17. The van der Waals surface area contributed by atoms with Crippen LogP contribution in [0.3, 0.4) is 0 Å². The number of ether oxygens (including phenoxy) is 3. The molecule has 0 aliphatic rings. The number of carbonyl (C=O) groups is 2. The monoisotopic (exact) mass is 484 g/mol. The van der Waals surface area contributed by atoms with Crippen LogP contribution >= 0.6 is 15.9 Å². The molecule has 7 heteroatoms. The SMILES string of the molecule is COc1ccc(C=CC(=O)c2cc(F)ccc2OC(=O)c2ccccc2Br)cc1OC. The van der Waals surface area contributed by atoms with E-state index in [1.807, 2.05) is 0 Å². The lowest BCUT2D eigenvalue weighted by Crippen LogP contribution is -2.12. The first kappa shape index (κ1) is 22.2. The van der Waals surface area contributed by atoms with Crippen LogP contribution in [0.1, 0.15) is 26.3 Å². The zero-order valence-electron chi connectivity index (χ0n) is 16.7. The molecule has 0 fully saturated rings. The van der Waals surface area contributed by atoms with E-state index >= 15 is 0 Å². The zero-order valence-corrected chi connectivity index (χ0v) is 18.3. The van der Waals surface area contributed by atoms with Crippen molar-refractivity contribution in [1.82, 2.24) is 0 Å². The molecule has 0 radical (unpaired) electrons. The summed E-state index contributed by atoms with van der Waals surface area (Å²) in [5, 5.41) is 0. The molecular weight excluding hydrogens is 467 g/mol. The minimum atomic E-state index is -0.669. The van der Waals surface area contributed by atoms with E-state index in [9.17, 15) is 14.0 Å². The van der Waals surface area contributed by atoms with Crippen molar-refractivity contribution >= 4 is 33.8 Å². The highest BCUT2D eigenvalue weighted by molar-refractivity contribution is 9.10. The molecule has 0 bridgehead atoms. The normalized spacial score (nSPS) is 10.7. The number of hydrogen-bond acceptors (Lipinski definition) is 5. The Morgan fingerprint density at radius 1 is 0.871 bits per heavy atom. The minimum Gasteiger partial charge on any atom is -0.493 e. The second-order valence-electron chi connectivity index (χ2n) is 6.32. The number of allylic oxidation sites excluding steroid dienone is 1. The molecule has 0 atom stereocenters. The molecule has 0 N–H and O–H groups in total. The van der Waals surface area contributed by atoms with Gasteiger partial charge in [-0.3, -0.25) is 4.79 Å². The summed E-state index contributed by atoms with van der Waals surface area (Å²) in [6, 6.07) is 15.3. The second-order valence-corrected chi connectivity index (χ2v) is 7.18. The van der Waals surface area contributed by atoms with E-state index in [0.717, 1.165) is 12.1 Å². The van der Waals surface area contributed by atoms with E-state index in [0.29, 0.717) is 21.5 Å². The van der Waals surface area contributed by atoms with E-state index in [4.69, 9.17) is 14.2 Å². The number of esters is 1. The first-order valence-corrected chi connectivity index (χ1v) is 9.93. The maximum atomic E-state index is 13.8. The van der Waals surface area contributed by atoms with Gasteiger partial charge < -0.3 is 14.2 Å². The molecule has 158 valence electrons. The number of methoxy groups -OCH3 is 2. The minimum absolute atomic E-state index is 0.0379. The van der Waals surface area contributed by atoms with Crippen molar-refractivity contribution in [3.63, 3.8) is 0 Å². The molecule has 0 saturated carbocycles. The highest BCUT2D eigenvalue weighted by Crippen LogP contribution is 2.28. The summed E-state index contributed by atoms with van der Waals surface area (Å²) in [4.78, 5) is 25.2. The summed E-state index contributed by atoms with van der Waals surface area (Å²) in [7, 11) is 3.03. The molecule has 0 unspecified atom stereocenters. The first-order chi connectivity index (χ1) is 14.9. The van der Waals surface area contributed by atoms with E-state index in [1.54, 1.807) is 48.5 Å². The fraction of sp³-hybridized carbons (Fsp3) is 0.0833. The van der Waals surface area contributed by atoms with Crippen molar-refractivity contribution < 1.29 is 28.2 Å². The molecule has 0 aliphatic heterocycles. The summed E-state index contributed by atoms with van der Waals surface area (Å²) >= 11 is 3.28. The Balaban J connectivity index is 1.86. The lowest BCUT2D eigenvalue weighted by atomic mass is 10.1. The molecular formula is C24H18BrFO5. The number of carbonyl (C=O) groups excluding carboxylic acids is 2. The van der Waals surface area contributed by atoms with E-state index < -0.39 is 17.6 Å². The van der Waals surface area contributed by atoms with Gasteiger partial charge in [0.15, 0.2) is 17.3 Å². The number of hydrogen-bond donors (Lipinski definition) is 0. The average Bonchev–Trinajstić information content (AvgIpc) is 2.78. The van der Waals surface area contributed by atoms with Gasteiger partial charge in [-0.25, -0.2) is 9.18 Å². The second kappa shape index (κ2) is 10.0. The molecule has 3 aromatic carbocycles. The Kier molecular flexibility index (Phi) is 7.20. The van der Waals surface area contributed by atoms with Gasteiger partial charge in [0.1, 0.15) is 11.6 Å². The van der Waals surface area contributed by atoms with Crippen molar-refractivity contribution in [1.29, 1.82) is 0 Å². The van der Waals surface area contributed by atoms with Gasteiger partial charge >= 0.3 is 5.97 Å². The Bertz CT molecular complexity index is 1160.